The number of nitrogens with zero attached hydrogens (tertiary/aromatic N) is 2. The van der Waals surface area contributed by atoms with Crippen molar-refractivity contribution in [1.82, 2.24) is 15.1 Å². The van der Waals surface area contributed by atoms with Gasteiger partial charge in [-0.3, -0.25) is 9.48 Å². The zero-order valence-corrected chi connectivity index (χ0v) is 15.0. The van der Waals surface area contributed by atoms with E-state index in [1.54, 1.807) is 18.3 Å². The van der Waals surface area contributed by atoms with Crippen LogP contribution in [0.3, 0.4) is 0 Å². The van der Waals surface area contributed by atoms with Crippen LogP contribution in [0.4, 0.5) is 4.39 Å². The van der Waals surface area contributed by atoms with Crippen LogP contribution < -0.4 is 5.32 Å². The molecule has 0 aliphatic carbocycles. The predicted molar refractivity (Wildman–Crippen MR) is 94.8 cm³/mol. The Morgan fingerprint density at radius 2 is 2.04 bits per heavy atom. The highest BCUT2D eigenvalue weighted by Crippen LogP contribution is 2.19. The molecule has 1 aromatic carbocycles. The number of hydrogen-bond donors (Lipinski definition) is 2. The van der Waals surface area contributed by atoms with Crippen molar-refractivity contribution in [2.24, 2.45) is 0 Å². The second-order valence-electron chi connectivity index (χ2n) is 6.40. The van der Waals surface area contributed by atoms with Gasteiger partial charge >= 0.3 is 0 Å². The largest absolute Gasteiger partial charge is 0.388 e. The van der Waals surface area contributed by atoms with Crippen LogP contribution in [0.25, 0.3) is 0 Å². The monoisotopic (exact) mass is 347 g/mol. The highest BCUT2D eigenvalue weighted by atomic mass is 19.1. The normalized spacial score (nSPS) is 13.5. The molecule has 1 heterocycles. The van der Waals surface area contributed by atoms with Gasteiger partial charge in [0.15, 0.2) is 0 Å². The van der Waals surface area contributed by atoms with E-state index in [9.17, 15) is 14.3 Å². The van der Waals surface area contributed by atoms with E-state index in [4.69, 9.17) is 0 Å². The third-order valence-corrected chi connectivity index (χ3v) is 4.28. The molecule has 0 saturated carbocycles. The van der Waals surface area contributed by atoms with E-state index in [0.717, 1.165) is 25.1 Å². The van der Waals surface area contributed by atoms with Gasteiger partial charge in [0.05, 0.1) is 17.9 Å². The van der Waals surface area contributed by atoms with Crippen molar-refractivity contribution in [3.63, 3.8) is 0 Å². The molecule has 0 fully saturated rings. The van der Waals surface area contributed by atoms with Gasteiger partial charge in [-0.1, -0.05) is 25.5 Å². The third kappa shape index (κ3) is 5.13. The summed E-state index contributed by atoms with van der Waals surface area (Å²) in [4.78, 5) is 12.4. The molecule has 1 aromatic heterocycles. The van der Waals surface area contributed by atoms with Crippen LogP contribution in [-0.2, 0) is 6.54 Å². The van der Waals surface area contributed by atoms with Gasteiger partial charge in [-0.2, -0.15) is 5.10 Å². The Bertz CT molecular complexity index is 697. The second-order valence-corrected chi connectivity index (χ2v) is 6.40. The van der Waals surface area contributed by atoms with Gasteiger partial charge in [0.1, 0.15) is 5.82 Å². The SMILES string of the molecule is CCCCn1ncc(C(=O)NC(C)CC(O)c2ccc(F)cc2)c1C. The van der Waals surface area contributed by atoms with Gasteiger partial charge in [0.2, 0.25) is 0 Å². The lowest BCUT2D eigenvalue weighted by Gasteiger charge is -2.18. The number of carbonyl (C=O) groups excluding carboxylic acids is 1. The lowest BCUT2D eigenvalue weighted by molar-refractivity contribution is 0.0916. The first-order valence-electron chi connectivity index (χ1n) is 8.69. The molecule has 2 unspecified atom stereocenters. The second kappa shape index (κ2) is 8.76. The molecule has 136 valence electrons. The summed E-state index contributed by atoms with van der Waals surface area (Å²) in [5.41, 5.74) is 2.03. The third-order valence-electron chi connectivity index (χ3n) is 4.28. The van der Waals surface area contributed by atoms with Crippen LogP contribution in [0.15, 0.2) is 30.5 Å². The summed E-state index contributed by atoms with van der Waals surface area (Å²) >= 11 is 0. The van der Waals surface area contributed by atoms with Gasteiger partial charge in [-0.25, -0.2) is 4.39 Å². The van der Waals surface area contributed by atoms with Crippen molar-refractivity contribution in [2.45, 2.75) is 58.7 Å². The molecule has 0 bridgehead atoms. The fourth-order valence-electron chi connectivity index (χ4n) is 2.72. The highest BCUT2D eigenvalue weighted by molar-refractivity contribution is 5.95. The van der Waals surface area contributed by atoms with Crippen LogP contribution >= 0.6 is 0 Å². The molecule has 5 nitrogen and oxygen atoms in total. The van der Waals surface area contributed by atoms with Crippen molar-refractivity contribution in [1.29, 1.82) is 0 Å². The molecule has 2 N–H and O–H groups in total. The Morgan fingerprint density at radius 3 is 2.68 bits per heavy atom. The zero-order chi connectivity index (χ0) is 18.4. The number of rotatable bonds is 8. The minimum atomic E-state index is -0.760. The Morgan fingerprint density at radius 1 is 1.36 bits per heavy atom. The van der Waals surface area contributed by atoms with Crippen molar-refractivity contribution in [2.75, 3.05) is 0 Å². The lowest BCUT2D eigenvalue weighted by Crippen LogP contribution is -2.34. The molecule has 1 amide bonds. The Hall–Kier alpha value is -2.21. The molecule has 0 aliphatic heterocycles. The summed E-state index contributed by atoms with van der Waals surface area (Å²) in [6, 6.07) is 5.50. The molecule has 6 heteroatoms. The Kier molecular flexibility index (Phi) is 6.70. The van der Waals surface area contributed by atoms with Crippen LogP contribution in [0.1, 0.15) is 60.8 Å². The van der Waals surface area contributed by atoms with Crippen molar-refractivity contribution >= 4 is 5.91 Å². The molecular weight excluding hydrogens is 321 g/mol. The molecule has 0 radical (unpaired) electrons. The molecule has 2 rings (SSSR count). The molecule has 25 heavy (non-hydrogen) atoms. The van der Waals surface area contributed by atoms with Crippen LogP contribution in [0.2, 0.25) is 0 Å². The number of aromatic nitrogens is 2. The number of unbranched alkanes of at least 4 members (excludes halogenated alkanes) is 1. The summed E-state index contributed by atoms with van der Waals surface area (Å²) < 4.78 is 14.8. The molecule has 0 saturated heterocycles. The smallest absolute Gasteiger partial charge is 0.254 e. The molecule has 2 atom stereocenters. The first-order chi connectivity index (χ1) is 11.9. The van der Waals surface area contributed by atoms with Crippen LogP contribution in [-0.4, -0.2) is 26.8 Å². The zero-order valence-electron chi connectivity index (χ0n) is 15.0. The number of halogens is 1. The Balaban J connectivity index is 1.93. The molecule has 0 aliphatic rings. The fourth-order valence-corrected chi connectivity index (χ4v) is 2.72. The minimum Gasteiger partial charge on any atom is -0.388 e. The van der Waals surface area contributed by atoms with Gasteiger partial charge in [0.25, 0.3) is 5.91 Å². The molecule has 0 spiro atoms. The fraction of sp³-hybridized carbons (Fsp3) is 0.474. The summed E-state index contributed by atoms with van der Waals surface area (Å²) in [6.45, 7) is 6.63. The number of hydrogen-bond acceptors (Lipinski definition) is 3. The number of benzene rings is 1. The van der Waals surface area contributed by atoms with Crippen LogP contribution in [0, 0.1) is 12.7 Å². The van der Waals surface area contributed by atoms with E-state index >= 15 is 0 Å². The van der Waals surface area contributed by atoms with Gasteiger partial charge < -0.3 is 10.4 Å². The van der Waals surface area contributed by atoms with Crippen molar-refractivity contribution in [3.05, 3.63) is 53.1 Å². The summed E-state index contributed by atoms with van der Waals surface area (Å²) in [5, 5.41) is 17.4. The van der Waals surface area contributed by atoms with Gasteiger partial charge in [-0.15, -0.1) is 0 Å². The summed E-state index contributed by atoms with van der Waals surface area (Å²) in [7, 11) is 0. The molecule has 2 aromatic rings. The van der Waals surface area contributed by atoms with E-state index in [1.165, 1.54) is 12.1 Å². The van der Waals surface area contributed by atoms with E-state index in [0.29, 0.717) is 17.5 Å². The standard InChI is InChI=1S/C19H26FN3O2/c1-4-5-10-23-14(3)17(12-21-23)19(25)22-13(2)11-18(24)15-6-8-16(20)9-7-15/h6-9,12-13,18,24H,4-5,10-11H2,1-3H3,(H,22,25). The lowest BCUT2D eigenvalue weighted by atomic mass is 10.0. The number of nitrogens with one attached hydrogen (secondary N) is 1. The number of aliphatic hydroxyl groups excluding tert-OH is 1. The molecular formula is C19H26FN3O2. The number of aliphatic hydroxyl groups is 1. The first-order valence-corrected chi connectivity index (χ1v) is 8.69. The number of carbonyl (C=O) groups is 1. The maximum atomic E-state index is 12.9. The average Bonchev–Trinajstić information content (AvgIpc) is 2.94. The van der Waals surface area contributed by atoms with E-state index in [1.807, 2.05) is 18.5 Å². The number of amides is 1. The van der Waals surface area contributed by atoms with Crippen molar-refractivity contribution in [3.8, 4) is 0 Å². The minimum absolute atomic E-state index is 0.195. The maximum Gasteiger partial charge on any atom is 0.254 e. The van der Waals surface area contributed by atoms with E-state index < -0.39 is 6.10 Å². The summed E-state index contributed by atoms with van der Waals surface area (Å²) in [6.07, 6.45) is 3.26. The van der Waals surface area contributed by atoms with Gasteiger partial charge in [0, 0.05) is 18.3 Å². The number of aryl methyl sites for hydroxylation is 1. The summed E-state index contributed by atoms with van der Waals surface area (Å²) in [5.74, 6) is -0.535. The quantitative estimate of drug-likeness (QED) is 0.769. The average molecular weight is 347 g/mol. The predicted octanol–water partition coefficient (Wildman–Crippen LogP) is 3.37. The highest BCUT2D eigenvalue weighted by Gasteiger charge is 2.18. The van der Waals surface area contributed by atoms with Crippen molar-refractivity contribution < 1.29 is 14.3 Å². The van der Waals surface area contributed by atoms with Crippen LogP contribution in [0.5, 0.6) is 0 Å². The topological polar surface area (TPSA) is 67.2 Å². The van der Waals surface area contributed by atoms with Gasteiger partial charge in [-0.05, 0) is 44.4 Å². The van der Waals surface area contributed by atoms with E-state index in [-0.39, 0.29) is 17.8 Å². The first kappa shape index (κ1) is 19.1. The Labute approximate surface area is 147 Å². The maximum absolute atomic E-state index is 12.9. The van der Waals surface area contributed by atoms with E-state index in [2.05, 4.69) is 17.3 Å².